The first-order valence-electron chi connectivity index (χ1n) is 4.06. The summed E-state index contributed by atoms with van der Waals surface area (Å²) in [5.41, 5.74) is 5.23. The van der Waals surface area contributed by atoms with E-state index in [0.29, 0.717) is 0 Å². The number of benzene rings is 1. The SMILES string of the molecule is CN.CN(C)C(=O)c1ccccc1. The third-order valence-corrected chi connectivity index (χ3v) is 1.43. The lowest BCUT2D eigenvalue weighted by Crippen LogP contribution is -2.21. The number of hydrogen-bond donors (Lipinski definition) is 1. The summed E-state index contributed by atoms with van der Waals surface area (Å²) < 4.78 is 0. The lowest BCUT2D eigenvalue weighted by atomic mass is 10.2. The van der Waals surface area contributed by atoms with Crippen LogP contribution in [0, 0.1) is 0 Å². The first-order valence-corrected chi connectivity index (χ1v) is 4.06. The summed E-state index contributed by atoms with van der Waals surface area (Å²) in [5, 5.41) is 0. The van der Waals surface area contributed by atoms with E-state index in [1.165, 1.54) is 7.05 Å². The molecule has 13 heavy (non-hydrogen) atoms. The Morgan fingerprint density at radius 1 is 1.15 bits per heavy atom. The lowest BCUT2D eigenvalue weighted by Gasteiger charge is -2.08. The Balaban J connectivity index is 0.000000671. The molecule has 1 rings (SSSR count). The molecular formula is C10H16N2O. The van der Waals surface area contributed by atoms with Crippen LogP contribution in [0.2, 0.25) is 0 Å². The monoisotopic (exact) mass is 180 g/mol. The third kappa shape index (κ3) is 3.71. The minimum atomic E-state index is 0.0469. The van der Waals surface area contributed by atoms with Crippen LogP contribution in [0.15, 0.2) is 30.3 Å². The number of hydrogen-bond acceptors (Lipinski definition) is 2. The van der Waals surface area contributed by atoms with Crippen molar-refractivity contribution in [1.82, 2.24) is 4.90 Å². The van der Waals surface area contributed by atoms with Crippen molar-refractivity contribution in [2.45, 2.75) is 0 Å². The van der Waals surface area contributed by atoms with Gasteiger partial charge in [0.25, 0.3) is 5.91 Å². The summed E-state index contributed by atoms with van der Waals surface area (Å²) >= 11 is 0. The van der Waals surface area contributed by atoms with Gasteiger partial charge in [0.15, 0.2) is 0 Å². The Kier molecular flexibility index (Phi) is 5.55. The number of nitrogens with two attached hydrogens (primary N) is 1. The van der Waals surface area contributed by atoms with Gasteiger partial charge < -0.3 is 10.6 Å². The smallest absolute Gasteiger partial charge is 0.253 e. The quantitative estimate of drug-likeness (QED) is 0.699. The van der Waals surface area contributed by atoms with Crippen LogP contribution in [0.1, 0.15) is 10.4 Å². The maximum atomic E-state index is 11.3. The Morgan fingerprint density at radius 3 is 2.00 bits per heavy atom. The van der Waals surface area contributed by atoms with Gasteiger partial charge in [0.1, 0.15) is 0 Å². The lowest BCUT2D eigenvalue weighted by molar-refractivity contribution is 0.0827. The zero-order chi connectivity index (χ0) is 10.3. The molecule has 0 aliphatic heterocycles. The van der Waals surface area contributed by atoms with Crippen LogP contribution in [0.25, 0.3) is 0 Å². The summed E-state index contributed by atoms with van der Waals surface area (Å²) in [6, 6.07) is 9.23. The van der Waals surface area contributed by atoms with E-state index in [1.54, 1.807) is 19.0 Å². The van der Waals surface area contributed by atoms with Gasteiger partial charge in [-0.05, 0) is 19.2 Å². The minimum absolute atomic E-state index is 0.0469. The molecule has 0 aromatic heterocycles. The molecule has 0 heterocycles. The van der Waals surface area contributed by atoms with E-state index >= 15 is 0 Å². The zero-order valence-corrected chi connectivity index (χ0v) is 8.32. The van der Waals surface area contributed by atoms with Crippen LogP contribution in [-0.4, -0.2) is 32.0 Å². The molecule has 0 saturated heterocycles. The third-order valence-electron chi connectivity index (χ3n) is 1.43. The fraction of sp³-hybridized carbons (Fsp3) is 0.300. The molecule has 0 spiro atoms. The second kappa shape index (κ2) is 6.20. The number of carbonyl (C=O) groups excluding carboxylic acids is 1. The Labute approximate surface area is 79.2 Å². The van der Waals surface area contributed by atoms with E-state index in [9.17, 15) is 4.79 Å². The second-order valence-corrected chi connectivity index (χ2v) is 2.57. The Hall–Kier alpha value is -1.35. The van der Waals surface area contributed by atoms with Gasteiger partial charge >= 0.3 is 0 Å². The fourth-order valence-corrected chi connectivity index (χ4v) is 0.839. The van der Waals surface area contributed by atoms with Crippen LogP contribution in [-0.2, 0) is 0 Å². The highest BCUT2D eigenvalue weighted by Crippen LogP contribution is 2.00. The van der Waals surface area contributed by atoms with Gasteiger partial charge in [-0.25, -0.2) is 0 Å². The molecule has 0 fully saturated rings. The average molecular weight is 180 g/mol. The second-order valence-electron chi connectivity index (χ2n) is 2.57. The highest BCUT2D eigenvalue weighted by molar-refractivity contribution is 5.93. The normalized spacial score (nSPS) is 8.31. The molecule has 0 radical (unpaired) electrons. The van der Waals surface area contributed by atoms with Crippen LogP contribution in [0.4, 0.5) is 0 Å². The Morgan fingerprint density at radius 2 is 1.62 bits per heavy atom. The first kappa shape index (κ1) is 11.6. The molecule has 0 saturated carbocycles. The largest absolute Gasteiger partial charge is 0.345 e. The van der Waals surface area contributed by atoms with Crippen LogP contribution < -0.4 is 5.73 Å². The molecular weight excluding hydrogens is 164 g/mol. The molecule has 72 valence electrons. The van der Waals surface area contributed by atoms with Crippen LogP contribution in [0.3, 0.4) is 0 Å². The summed E-state index contributed by atoms with van der Waals surface area (Å²) in [4.78, 5) is 12.8. The highest BCUT2D eigenvalue weighted by atomic mass is 16.2. The first-order chi connectivity index (χ1) is 6.22. The van der Waals surface area contributed by atoms with Gasteiger partial charge in [-0.3, -0.25) is 4.79 Å². The summed E-state index contributed by atoms with van der Waals surface area (Å²) in [7, 11) is 4.99. The maximum Gasteiger partial charge on any atom is 0.253 e. The molecule has 3 nitrogen and oxygen atoms in total. The number of nitrogens with zero attached hydrogens (tertiary/aromatic N) is 1. The van der Waals surface area contributed by atoms with E-state index in [0.717, 1.165) is 5.56 Å². The van der Waals surface area contributed by atoms with Gasteiger partial charge in [-0.1, -0.05) is 18.2 Å². The van der Waals surface area contributed by atoms with Gasteiger partial charge in [0, 0.05) is 19.7 Å². The molecule has 2 N–H and O–H groups in total. The molecule has 0 bridgehead atoms. The van der Waals surface area contributed by atoms with Crippen molar-refractivity contribution < 1.29 is 4.79 Å². The summed E-state index contributed by atoms with van der Waals surface area (Å²) in [5.74, 6) is 0.0469. The fourth-order valence-electron chi connectivity index (χ4n) is 0.839. The summed E-state index contributed by atoms with van der Waals surface area (Å²) in [6.45, 7) is 0. The number of amides is 1. The zero-order valence-electron chi connectivity index (χ0n) is 8.32. The van der Waals surface area contributed by atoms with E-state index in [-0.39, 0.29) is 5.91 Å². The average Bonchev–Trinajstić information content (AvgIpc) is 2.21. The predicted octanol–water partition coefficient (Wildman–Crippen LogP) is 0.963. The molecule has 0 unspecified atom stereocenters. The minimum Gasteiger partial charge on any atom is -0.345 e. The molecule has 0 atom stereocenters. The standard InChI is InChI=1S/C9H11NO.CH5N/c1-10(2)9(11)8-6-4-3-5-7-8;1-2/h3-7H,1-2H3;2H2,1H3. The van der Waals surface area contributed by atoms with Crippen molar-refractivity contribution in [2.24, 2.45) is 5.73 Å². The van der Waals surface area contributed by atoms with E-state index in [4.69, 9.17) is 0 Å². The molecule has 0 aliphatic carbocycles. The topological polar surface area (TPSA) is 46.3 Å². The molecule has 0 aliphatic rings. The maximum absolute atomic E-state index is 11.3. The van der Waals surface area contributed by atoms with Crippen LogP contribution >= 0.6 is 0 Å². The van der Waals surface area contributed by atoms with Crippen molar-refractivity contribution in [1.29, 1.82) is 0 Å². The van der Waals surface area contributed by atoms with Gasteiger partial charge in [-0.2, -0.15) is 0 Å². The van der Waals surface area contributed by atoms with Gasteiger partial charge in [0.2, 0.25) is 0 Å². The van der Waals surface area contributed by atoms with Gasteiger partial charge in [-0.15, -0.1) is 0 Å². The predicted molar refractivity (Wildman–Crippen MR) is 54.6 cm³/mol. The number of rotatable bonds is 1. The van der Waals surface area contributed by atoms with E-state index in [1.807, 2.05) is 30.3 Å². The van der Waals surface area contributed by atoms with Gasteiger partial charge in [0.05, 0.1) is 0 Å². The highest BCUT2D eigenvalue weighted by Gasteiger charge is 2.04. The van der Waals surface area contributed by atoms with Crippen molar-refractivity contribution in [3.8, 4) is 0 Å². The molecule has 1 amide bonds. The van der Waals surface area contributed by atoms with Crippen molar-refractivity contribution in [2.75, 3.05) is 21.1 Å². The summed E-state index contributed by atoms with van der Waals surface area (Å²) in [6.07, 6.45) is 0. The van der Waals surface area contributed by atoms with E-state index < -0.39 is 0 Å². The van der Waals surface area contributed by atoms with Crippen molar-refractivity contribution in [3.05, 3.63) is 35.9 Å². The van der Waals surface area contributed by atoms with Crippen molar-refractivity contribution >= 4 is 5.91 Å². The molecule has 1 aromatic carbocycles. The van der Waals surface area contributed by atoms with E-state index in [2.05, 4.69) is 5.73 Å². The van der Waals surface area contributed by atoms with Crippen LogP contribution in [0.5, 0.6) is 0 Å². The van der Waals surface area contributed by atoms with Crippen molar-refractivity contribution in [3.63, 3.8) is 0 Å². The molecule has 1 aromatic rings. The number of carbonyl (C=O) groups is 1. The molecule has 3 heteroatoms. The Bertz CT molecular complexity index is 244.